The molecule has 9 heteroatoms. The molecule has 168 valence electrons. The van der Waals surface area contributed by atoms with Gasteiger partial charge in [-0.2, -0.15) is 0 Å². The number of amides is 1. The van der Waals surface area contributed by atoms with Crippen molar-refractivity contribution in [3.63, 3.8) is 0 Å². The summed E-state index contributed by atoms with van der Waals surface area (Å²) in [7, 11) is 1.41. The lowest BCUT2D eigenvalue weighted by atomic mass is 10.1. The van der Waals surface area contributed by atoms with E-state index in [2.05, 4.69) is 11.0 Å². The van der Waals surface area contributed by atoms with E-state index in [0.29, 0.717) is 26.2 Å². The predicted octanol–water partition coefficient (Wildman–Crippen LogP) is 2.30. The van der Waals surface area contributed by atoms with Crippen molar-refractivity contribution in [3.8, 4) is 11.6 Å². The van der Waals surface area contributed by atoms with E-state index >= 15 is 0 Å². The van der Waals surface area contributed by atoms with Gasteiger partial charge in [0.1, 0.15) is 11.6 Å². The Hall–Kier alpha value is -3.62. The maximum absolute atomic E-state index is 14.8. The second kappa shape index (κ2) is 8.14. The van der Waals surface area contributed by atoms with E-state index in [4.69, 9.17) is 4.98 Å². The zero-order chi connectivity index (χ0) is 23.2. The summed E-state index contributed by atoms with van der Waals surface area (Å²) in [6, 6.07) is 6.12. The van der Waals surface area contributed by atoms with Gasteiger partial charge in [-0.05, 0) is 50.1 Å². The van der Waals surface area contributed by atoms with Crippen LogP contribution in [0.2, 0.25) is 0 Å². The first kappa shape index (κ1) is 21.6. The number of aromatic nitrogens is 3. The van der Waals surface area contributed by atoms with Gasteiger partial charge in [0.25, 0.3) is 5.91 Å². The first-order valence-electron chi connectivity index (χ1n) is 10.4. The number of carbonyl (C=O) groups excluding carboxylic acids is 1. The normalized spacial score (nSPS) is 14.2. The molecule has 0 aliphatic carbocycles. The third-order valence-electron chi connectivity index (χ3n) is 6.04. The first-order valence-corrected chi connectivity index (χ1v) is 10.4. The maximum atomic E-state index is 14.8. The molecular weight excluding hydrogens is 413 g/mol. The van der Waals surface area contributed by atoms with E-state index in [9.17, 15) is 19.1 Å². The Morgan fingerprint density at radius 3 is 2.34 bits per heavy atom. The van der Waals surface area contributed by atoms with Crippen molar-refractivity contribution in [1.29, 1.82) is 0 Å². The van der Waals surface area contributed by atoms with E-state index in [0.717, 1.165) is 37.8 Å². The minimum atomic E-state index is -0.711. The Morgan fingerprint density at radius 2 is 1.75 bits per heavy atom. The van der Waals surface area contributed by atoms with Crippen molar-refractivity contribution in [1.82, 2.24) is 19.0 Å². The fraction of sp³-hybridized carbons (Fsp3) is 0.348. The number of rotatable bonds is 3. The number of piperazine rings is 1. The Morgan fingerprint density at radius 1 is 1.06 bits per heavy atom. The van der Waals surface area contributed by atoms with Gasteiger partial charge in [0, 0.05) is 38.9 Å². The summed E-state index contributed by atoms with van der Waals surface area (Å²) in [6.07, 6.45) is 1.21. The lowest BCUT2D eigenvalue weighted by Crippen LogP contribution is -2.49. The molecule has 3 aromatic rings. The minimum Gasteiger partial charge on any atom is -0.493 e. The fourth-order valence-corrected chi connectivity index (χ4v) is 3.97. The highest BCUT2D eigenvalue weighted by molar-refractivity contribution is 5.95. The smallest absolute Gasteiger partial charge is 0.335 e. The summed E-state index contributed by atoms with van der Waals surface area (Å²) in [5.74, 6) is -0.409. The van der Waals surface area contributed by atoms with Gasteiger partial charge in [-0.3, -0.25) is 13.9 Å². The number of anilines is 1. The number of carbonyl (C=O) groups is 1. The molecule has 1 N–H and O–H groups in total. The molecule has 0 saturated carbocycles. The third-order valence-corrected chi connectivity index (χ3v) is 6.04. The van der Waals surface area contributed by atoms with Crippen molar-refractivity contribution in [2.75, 3.05) is 31.1 Å². The molecule has 1 amide bonds. The predicted molar refractivity (Wildman–Crippen MR) is 119 cm³/mol. The van der Waals surface area contributed by atoms with Crippen LogP contribution in [-0.2, 0) is 7.05 Å². The molecular formula is C23H26FN5O3. The number of benzene rings is 1. The fourth-order valence-electron chi connectivity index (χ4n) is 3.97. The number of imidazole rings is 1. The zero-order valence-corrected chi connectivity index (χ0v) is 18.6. The van der Waals surface area contributed by atoms with E-state index < -0.39 is 11.5 Å². The van der Waals surface area contributed by atoms with Crippen molar-refractivity contribution in [2.24, 2.45) is 7.05 Å². The summed E-state index contributed by atoms with van der Waals surface area (Å²) in [5, 5.41) is 9.69. The van der Waals surface area contributed by atoms with E-state index in [1.165, 1.54) is 25.4 Å². The molecule has 4 rings (SSSR count). The Kier molecular flexibility index (Phi) is 5.50. The number of hydrogen-bond acceptors (Lipinski definition) is 5. The van der Waals surface area contributed by atoms with Crippen LogP contribution in [0.4, 0.5) is 10.2 Å². The third kappa shape index (κ3) is 3.74. The molecule has 8 nitrogen and oxygen atoms in total. The van der Waals surface area contributed by atoms with Crippen LogP contribution in [0.25, 0.3) is 5.69 Å². The second-order valence-electron chi connectivity index (χ2n) is 8.17. The number of nitrogens with zero attached hydrogens (tertiary/aromatic N) is 5. The van der Waals surface area contributed by atoms with Gasteiger partial charge in [-0.1, -0.05) is 6.07 Å². The van der Waals surface area contributed by atoms with Gasteiger partial charge in [-0.15, -0.1) is 0 Å². The SMILES string of the molecule is Cc1cc(C)c(N2CCN(C(=O)c3ccc(-n4cc(O)n(C)c4=O)cc3F)CC2)nc1C. The van der Waals surface area contributed by atoms with Crippen LogP contribution in [0.1, 0.15) is 27.2 Å². The molecule has 1 saturated heterocycles. The van der Waals surface area contributed by atoms with Gasteiger partial charge in [0.15, 0.2) is 0 Å². The number of hydrogen-bond donors (Lipinski definition) is 1. The molecule has 1 aliphatic heterocycles. The van der Waals surface area contributed by atoms with Crippen molar-refractivity contribution >= 4 is 11.7 Å². The average molecular weight is 439 g/mol. The van der Waals surface area contributed by atoms with Crippen LogP contribution in [0.3, 0.4) is 0 Å². The summed E-state index contributed by atoms with van der Waals surface area (Å²) >= 11 is 0. The van der Waals surface area contributed by atoms with Gasteiger partial charge in [-0.25, -0.2) is 14.2 Å². The highest BCUT2D eigenvalue weighted by atomic mass is 19.1. The van der Waals surface area contributed by atoms with E-state index in [-0.39, 0.29) is 23.0 Å². The molecule has 1 fully saturated rings. The number of halogens is 1. The largest absolute Gasteiger partial charge is 0.493 e. The summed E-state index contributed by atoms with van der Waals surface area (Å²) in [6.45, 7) is 8.18. The molecule has 0 unspecified atom stereocenters. The van der Waals surface area contributed by atoms with Crippen LogP contribution >= 0.6 is 0 Å². The maximum Gasteiger partial charge on any atom is 0.335 e. The van der Waals surface area contributed by atoms with Crippen LogP contribution in [0, 0.1) is 26.6 Å². The molecule has 3 heterocycles. The molecule has 0 spiro atoms. The molecule has 0 bridgehead atoms. The lowest BCUT2D eigenvalue weighted by molar-refractivity contribution is 0.0742. The van der Waals surface area contributed by atoms with E-state index in [1.54, 1.807) is 4.90 Å². The van der Waals surface area contributed by atoms with Gasteiger partial charge < -0.3 is 14.9 Å². The summed E-state index contributed by atoms with van der Waals surface area (Å²) in [5.41, 5.74) is 2.91. The van der Waals surface area contributed by atoms with Crippen molar-refractivity contribution in [3.05, 3.63) is 69.1 Å². The molecule has 0 atom stereocenters. The molecule has 1 aliphatic rings. The molecule has 0 radical (unpaired) electrons. The summed E-state index contributed by atoms with van der Waals surface area (Å²) in [4.78, 5) is 33.6. The molecule has 2 aromatic heterocycles. The van der Waals surface area contributed by atoms with Crippen molar-refractivity contribution < 1.29 is 14.3 Å². The van der Waals surface area contributed by atoms with Crippen molar-refractivity contribution in [2.45, 2.75) is 20.8 Å². The standard InChI is InChI=1S/C23H26FN5O3/c1-14-11-15(2)21(25-16(14)3)27-7-9-28(10-8-27)22(31)18-6-5-17(12-19(18)24)29-13-20(30)26(4)23(29)32/h5-6,11-13,30H,7-10H2,1-4H3. The monoisotopic (exact) mass is 439 g/mol. The summed E-state index contributed by atoms with van der Waals surface area (Å²) < 4.78 is 17.0. The van der Waals surface area contributed by atoms with Crippen LogP contribution in [-0.4, -0.2) is 56.2 Å². The average Bonchev–Trinajstić information content (AvgIpc) is 3.03. The number of pyridine rings is 1. The lowest BCUT2D eigenvalue weighted by Gasteiger charge is -2.36. The molecule has 1 aromatic carbocycles. The van der Waals surface area contributed by atoms with Crippen LogP contribution in [0.5, 0.6) is 5.88 Å². The quantitative estimate of drug-likeness (QED) is 0.677. The Labute approximate surface area is 185 Å². The number of aromatic hydroxyl groups is 1. The van der Waals surface area contributed by atoms with Crippen LogP contribution < -0.4 is 10.6 Å². The Bertz CT molecular complexity index is 1260. The first-order chi connectivity index (χ1) is 15.2. The number of aryl methyl sites for hydroxylation is 3. The highest BCUT2D eigenvalue weighted by Crippen LogP contribution is 2.23. The highest BCUT2D eigenvalue weighted by Gasteiger charge is 2.26. The van der Waals surface area contributed by atoms with Gasteiger partial charge in [0.2, 0.25) is 5.88 Å². The molecule has 32 heavy (non-hydrogen) atoms. The van der Waals surface area contributed by atoms with Gasteiger partial charge in [0.05, 0.1) is 17.4 Å². The second-order valence-corrected chi connectivity index (χ2v) is 8.17. The van der Waals surface area contributed by atoms with E-state index in [1.807, 2.05) is 20.8 Å². The topological polar surface area (TPSA) is 83.6 Å². The zero-order valence-electron chi connectivity index (χ0n) is 18.6. The minimum absolute atomic E-state index is 0.0455. The van der Waals surface area contributed by atoms with Gasteiger partial charge >= 0.3 is 5.69 Å². The Balaban J connectivity index is 1.49. The van der Waals surface area contributed by atoms with Crippen LogP contribution in [0.15, 0.2) is 35.3 Å².